The van der Waals surface area contributed by atoms with Gasteiger partial charge in [0, 0.05) is 77.9 Å². The molecule has 1 amide bonds. The van der Waals surface area contributed by atoms with E-state index < -0.39 is 6.10 Å². The number of hydrogen-bond acceptors (Lipinski definition) is 6. The lowest BCUT2D eigenvalue weighted by Gasteiger charge is -2.40. The number of halogens is 1. The molecule has 3 aromatic heterocycles. The van der Waals surface area contributed by atoms with E-state index in [1.165, 1.54) is 11.1 Å². The minimum atomic E-state index is -0.554. The number of nitrogens with zero attached hydrogens (tertiary/aromatic N) is 5. The first kappa shape index (κ1) is 27.4. The molecule has 1 aliphatic heterocycles. The summed E-state index contributed by atoms with van der Waals surface area (Å²) >= 11 is 0. The van der Waals surface area contributed by atoms with E-state index in [0.717, 1.165) is 69.6 Å². The number of aryl methyl sites for hydroxylation is 1. The second-order valence-corrected chi connectivity index (χ2v) is 13.1. The molecule has 46 heavy (non-hydrogen) atoms. The number of aromatic nitrogens is 4. The lowest BCUT2D eigenvalue weighted by molar-refractivity contribution is -0.130. The lowest BCUT2D eigenvalue weighted by atomic mass is 9.66. The van der Waals surface area contributed by atoms with E-state index in [4.69, 9.17) is 4.98 Å². The maximum atomic E-state index is 16.3. The molecule has 3 aliphatic rings. The third kappa shape index (κ3) is 4.00. The molecule has 3 aromatic carbocycles. The van der Waals surface area contributed by atoms with E-state index in [1.54, 1.807) is 28.0 Å². The molecule has 3 unspecified atom stereocenters. The number of likely N-dealkylation sites (N-methyl/N-ethyl adjacent to an activating group) is 1. The average Bonchev–Trinajstić information content (AvgIpc) is 3.38. The molecule has 0 saturated heterocycles. The Morgan fingerprint density at radius 1 is 1.00 bits per heavy atom. The maximum absolute atomic E-state index is 16.3. The number of rotatable bonds is 3. The summed E-state index contributed by atoms with van der Waals surface area (Å²) in [6, 6.07) is 15.7. The van der Waals surface area contributed by atoms with Gasteiger partial charge >= 0.3 is 0 Å². The number of benzene rings is 3. The van der Waals surface area contributed by atoms with E-state index in [0.29, 0.717) is 29.1 Å². The Balaban J connectivity index is 1.22. The Morgan fingerprint density at radius 3 is 2.78 bits per heavy atom. The van der Waals surface area contributed by atoms with Crippen LogP contribution < -0.4 is 5.32 Å². The SMILES string of the molecule is CC1c2c(-c3cc4cc(Nc5cc6n(n5)CC(=O)N(C)CC6)ncc4cc3F)c3ncccc3c3ccc4c(c23)C(CCC4)C1O. The summed E-state index contributed by atoms with van der Waals surface area (Å²) in [6.07, 6.45) is 6.60. The molecule has 0 radical (unpaired) electrons. The van der Waals surface area contributed by atoms with Gasteiger partial charge in [0.25, 0.3) is 0 Å². The van der Waals surface area contributed by atoms with Crippen molar-refractivity contribution >= 4 is 50.0 Å². The van der Waals surface area contributed by atoms with Crippen LogP contribution in [-0.4, -0.2) is 55.4 Å². The molecule has 4 heterocycles. The molecular weight excluding hydrogens is 579 g/mol. The highest BCUT2D eigenvalue weighted by atomic mass is 19.1. The monoisotopic (exact) mass is 612 g/mol. The van der Waals surface area contributed by atoms with Gasteiger partial charge in [0.15, 0.2) is 5.82 Å². The van der Waals surface area contributed by atoms with Gasteiger partial charge in [-0.3, -0.25) is 14.5 Å². The van der Waals surface area contributed by atoms with Crippen LogP contribution in [-0.2, 0) is 24.2 Å². The summed E-state index contributed by atoms with van der Waals surface area (Å²) in [7, 11) is 1.81. The zero-order chi connectivity index (χ0) is 31.3. The fourth-order valence-electron chi connectivity index (χ4n) is 8.21. The Hall–Kier alpha value is -4.89. The summed E-state index contributed by atoms with van der Waals surface area (Å²) in [5.41, 5.74) is 6.45. The highest BCUT2D eigenvalue weighted by Crippen LogP contribution is 2.54. The smallest absolute Gasteiger partial charge is 0.244 e. The van der Waals surface area contributed by atoms with Gasteiger partial charge in [-0.15, -0.1) is 0 Å². The van der Waals surface area contributed by atoms with Crippen molar-refractivity contribution in [1.29, 1.82) is 0 Å². The van der Waals surface area contributed by atoms with Crippen LogP contribution in [0.4, 0.5) is 16.0 Å². The van der Waals surface area contributed by atoms with Gasteiger partial charge in [0.2, 0.25) is 5.91 Å². The third-order valence-corrected chi connectivity index (χ3v) is 10.5. The number of anilines is 2. The zero-order valence-corrected chi connectivity index (χ0v) is 25.7. The Morgan fingerprint density at radius 2 is 1.89 bits per heavy atom. The van der Waals surface area contributed by atoms with Crippen LogP contribution in [0.15, 0.2) is 60.9 Å². The molecule has 0 bridgehead atoms. The van der Waals surface area contributed by atoms with Crippen molar-refractivity contribution in [2.45, 2.75) is 57.1 Å². The maximum Gasteiger partial charge on any atom is 0.244 e. The number of nitrogens with one attached hydrogen (secondary N) is 1. The van der Waals surface area contributed by atoms with Gasteiger partial charge in [-0.05, 0) is 76.4 Å². The summed E-state index contributed by atoms with van der Waals surface area (Å²) in [6.45, 7) is 2.92. The molecule has 3 atom stereocenters. The molecule has 2 aliphatic carbocycles. The highest BCUT2D eigenvalue weighted by molar-refractivity contribution is 6.16. The lowest BCUT2D eigenvalue weighted by Crippen LogP contribution is -2.32. The van der Waals surface area contributed by atoms with Gasteiger partial charge < -0.3 is 15.3 Å². The van der Waals surface area contributed by atoms with Crippen molar-refractivity contribution in [2.24, 2.45) is 0 Å². The molecule has 9 heteroatoms. The fraction of sp³-hybridized carbons (Fsp3) is 0.297. The normalized spacial score (nSPS) is 20.7. The second kappa shape index (κ2) is 10.1. The van der Waals surface area contributed by atoms with Crippen LogP contribution in [0.25, 0.3) is 43.6 Å². The van der Waals surface area contributed by atoms with E-state index in [-0.39, 0.29) is 30.1 Å². The number of amides is 1. The third-order valence-electron chi connectivity index (χ3n) is 10.5. The Labute approximate surface area is 264 Å². The number of aliphatic hydroxyl groups is 1. The van der Waals surface area contributed by atoms with Crippen LogP contribution >= 0.6 is 0 Å². The van der Waals surface area contributed by atoms with E-state index >= 15 is 4.39 Å². The molecule has 8 nitrogen and oxygen atoms in total. The topological polar surface area (TPSA) is 96.2 Å². The van der Waals surface area contributed by atoms with Gasteiger partial charge in [-0.2, -0.15) is 5.10 Å². The van der Waals surface area contributed by atoms with Gasteiger partial charge in [0.05, 0.1) is 11.6 Å². The number of carbonyl (C=O) groups is 1. The van der Waals surface area contributed by atoms with E-state index in [9.17, 15) is 9.90 Å². The van der Waals surface area contributed by atoms with E-state index in [1.807, 2.05) is 31.3 Å². The minimum Gasteiger partial charge on any atom is -0.392 e. The zero-order valence-electron chi connectivity index (χ0n) is 25.7. The predicted molar refractivity (Wildman–Crippen MR) is 177 cm³/mol. The number of hydrogen-bond donors (Lipinski definition) is 2. The van der Waals surface area contributed by atoms with Crippen LogP contribution in [0.3, 0.4) is 0 Å². The van der Waals surface area contributed by atoms with Crippen molar-refractivity contribution in [3.8, 4) is 11.1 Å². The molecular formula is C37H33FN6O2. The van der Waals surface area contributed by atoms with Gasteiger partial charge in [-0.25, -0.2) is 9.37 Å². The van der Waals surface area contributed by atoms with Crippen molar-refractivity contribution < 1.29 is 14.3 Å². The first-order valence-electron chi connectivity index (χ1n) is 16.1. The standard InChI is InChI=1S/C37H33FN6O2/c1-19-32-34-24(9-8-20-5-3-6-26(33(20)34)37(19)46)25-7-4-11-39-36(25)35(32)27-13-21-15-29(40-17-22(21)14-28(27)38)41-30-16-23-10-12-43(2)31(45)18-44(23)42-30/h4,7-9,11,13-17,19,26,37,46H,3,5-6,10,12,18H2,1-2H3,(H,40,41,42). The quantitative estimate of drug-likeness (QED) is 0.219. The second-order valence-electron chi connectivity index (χ2n) is 13.1. The molecule has 0 saturated carbocycles. The summed E-state index contributed by atoms with van der Waals surface area (Å²) < 4.78 is 18.1. The van der Waals surface area contributed by atoms with Gasteiger partial charge in [0.1, 0.15) is 18.2 Å². The summed E-state index contributed by atoms with van der Waals surface area (Å²) in [4.78, 5) is 23.5. The molecule has 230 valence electrons. The van der Waals surface area contributed by atoms with Crippen LogP contribution in [0.1, 0.15) is 54.0 Å². The Kier molecular flexibility index (Phi) is 5.99. The van der Waals surface area contributed by atoms with Crippen molar-refractivity contribution in [3.05, 3.63) is 89.1 Å². The van der Waals surface area contributed by atoms with Crippen molar-refractivity contribution in [2.75, 3.05) is 18.9 Å². The average molecular weight is 613 g/mol. The number of fused-ring (bicyclic) bond motifs is 4. The summed E-state index contributed by atoms with van der Waals surface area (Å²) in [5, 5.41) is 24.4. The van der Waals surface area contributed by atoms with Crippen LogP contribution in [0.5, 0.6) is 0 Å². The largest absolute Gasteiger partial charge is 0.392 e. The highest BCUT2D eigenvalue weighted by Gasteiger charge is 2.40. The molecule has 0 spiro atoms. The number of aliphatic hydroxyl groups excluding tert-OH is 1. The first-order chi connectivity index (χ1) is 22.4. The first-order valence-corrected chi connectivity index (χ1v) is 16.1. The number of pyridine rings is 2. The molecule has 9 rings (SSSR count). The number of carbonyl (C=O) groups excluding carboxylic acids is 1. The van der Waals surface area contributed by atoms with Crippen LogP contribution in [0, 0.1) is 5.82 Å². The van der Waals surface area contributed by atoms with Crippen molar-refractivity contribution in [3.63, 3.8) is 0 Å². The van der Waals surface area contributed by atoms with E-state index in [2.05, 4.69) is 40.5 Å². The summed E-state index contributed by atoms with van der Waals surface area (Å²) in [5.74, 6) is 0.749. The molecule has 0 fully saturated rings. The molecule has 6 aromatic rings. The van der Waals surface area contributed by atoms with Crippen LogP contribution in [0.2, 0.25) is 0 Å². The predicted octanol–water partition coefficient (Wildman–Crippen LogP) is 6.59. The van der Waals surface area contributed by atoms with Crippen molar-refractivity contribution in [1.82, 2.24) is 24.6 Å². The van der Waals surface area contributed by atoms with Gasteiger partial charge in [-0.1, -0.05) is 25.1 Å². The Bertz CT molecular complexity index is 2260. The minimum absolute atomic E-state index is 0.0272. The fourth-order valence-corrected chi connectivity index (χ4v) is 8.21. The molecule has 2 N–H and O–H groups in total.